The van der Waals surface area contributed by atoms with Gasteiger partial charge in [-0.3, -0.25) is 0 Å². The van der Waals surface area contributed by atoms with E-state index in [0.29, 0.717) is 4.48 Å². The van der Waals surface area contributed by atoms with Gasteiger partial charge in [-0.2, -0.15) is 0 Å². The predicted molar refractivity (Wildman–Crippen MR) is 39.0 cm³/mol. The van der Waals surface area contributed by atoms with Crippen LogP contribution in [0.25, 0.3) is 0 Å². The van der Waals surface area contributed by atoms with Crippen molar-refractivity contribution >= 4 is 31.9 Å². The van der Waals surface area contributed by atoms with Gasteiger partial charge in [0.15, 0.2) is 4.51 Å². The maximum atomic E-state index is 8.92. The first-order valence-corrected chi connectivity index (χ1v) is 3.46. The van der Waals surface area contributed by atoms with Gasteiger partial charge in [0.05, 0.1) is 6.61 Å². The van der Waals surface area contributed by atoms with E-state index in [4.69, 9.17) is 10.2 Å². The van der Waals surface area contributed by atoms with Crippen molar-refractivity contribution in [1.29, 1.82) is 0 Å². The van der Waals surface area contributed by atoms with Crippen molar-refractivity contribution in [3.8, 4) is 0 Å². The van der Waals surface area contributed by atoms with Gasteiger partial charge >= 0.3 is 0 Å². The van der Waals surface area contributed by atoms with E-state index >= 15 is 0 Å². The van der Waals surface area contributed by atoms with Crippen molar-refractivity contribution in [3.63, 3.8) is 0 Å². The molecule has 0 rings (SSSR count). The molecule has 0 radical (unpaired) electrons. The van der Waals surface area contributed by atoms with Crippen molar-refractivity contribution in [2.75, 3.05) is 6.61 Å². The van der Waals surface area contributed by atoms with Crippen molar-refractivity contribution in [1.82, 2.24) is 0 Å². The molecule has 0 amide bonds. The number of aliphatic hydroxyl groups is 2. The molecule has 48 valence electrons. The summed E-state index contributed by atoms with van der Waals surface area (Å²) in [5.74, 6) is 0. The summed E-state index contributed by atoms with van der Waals surface area (Å²) in [6, 6.07) is 0. The number of rotatable bonds is 2. The number of aliphatic hydroxyl groups excluding tert-OH is 1. The zero-order valence-electron chi connectivity index (χ0n) is 4.06. The van der Waals surface area contributed by atoms with E-state index in [1.54, 1.807) is 0 Å². The summed E-state index contributed by atoms with van der Waals surface area (Å²) in [5, 5.41) is 17.3. The van der Waals surface area contributed by atoms with Crippen LogP contribution >= 0.6 is 31.9 Å². The molecule has 1 unspecified atom stereocenters. The van der Waals surface area contributed by atoms with Gasteiger partial charge in [0.1, 0.15) is 0 Å². The normalized spacial score (nSPS) is 17.5. The molecule has 2 nitrogen and oxygen atoms in total. The maximum absolute atomic E-state index is 8.92. The Balaban J connectivity index is 3.91. The Hall–Kier alpha value is 0.620. The molecule has 0 saturated carbocycles. The highest BCUT2D eigenvalue weighted by atomic mass is 79.9. The van der Waals surface area contributed by atoms with Crippen LogP contribution in [0.1, 0.15) is 0 Å². The van der Waals surface area contributed by atoms with E-state index < -0.39 is 11.1 Å². The fourth-order valence-electron chi connectivity index (χ4n) is 0.0858. The average molecular weight is 246 g/mol. The van der Waals surface area contributed by atoms with Crippen LogP contribution in [0.5, 0.6) is 0 Å². The zero-order chi connectivity index (χ0) is 6.78. The molecule has 0 aromatic heterocycles. The Morgan fingerprint density at radius 1 is 1.75 bits per heavy atom. The van der Waals surface area contributed by atoms with Crippen LogP contribution in [0.3, 0.4) is 0 Å². The summed E-state index contributed by atoms with van der Waals surface area (Å²) < 4.78 is -1.06. The van der Waals surface area contributed by atoms with Crippen molar-refractivity contribution in [3.05, 3.63) is 11.1 Å². The molecular formula is C4H6Br2O2. The molecule has 0 fully saturated rings. The molecule has 0 aromatic rings. The topological polar surface area (TPSA) is 40.5 Å². The third-order valence-electron chi connectivity index (χ3n) is 0.625. The SMILES string of the molecule is C=C(Br)C(O)(Br)CO. The Morgan fingerprint density at radius 3 is 2.12 bits per heavy atom. The number of halogens is 2. The summed E-state index contributed by atoms with van der Waals surface area (Å²) in [4.78, 5) is 0. The minimum Gasteiger partial charge on any atom is -0.392 e. The lowest BCUT2D eigenvalue weighted by molar-refractivity contribution is 0.107. The third kappa shape index (κ3) is 2.26. The van der Waals surface area contributed by atoms with E-state index in [0.717, 1.165) is 0 Å². The summed E-state index contributed by atoms with van der Waals surface area (Å²) in [6.45, 7) is 2.97. The maximum Gasteiger partial charge on any atom is 0.173 e. The summed E-state index contributed by atoms with van der Waals surface area (Å²) >= 11 is 5.71. The third-order valence-corrected chi connectivity index (χ3v) is 2.54. The molecule has 0 saturated heterocycles. The molecular weight excluding hydrogens is 240 g/mol. The Bertz CT molecular complexity index is 100. The van der Waals surface area contributed by atoms with E-state index in [9.17, 15) is 0 Å². The lowest BCUT2D eigenvalue weighted by Crippen LogP contribution is -2.24. The van der Waals surface area contributed by atoms with E-state index in [-0.39, 0.29) is 0 Å². The number of alkyl halides is 1. The lowest BCUT2D eigenvalue weighted by atomic mass is 10.4. The Kier molecular flexibility index (Phi) is 3.19. The smallest absolute Gasteiger partial charge is 0.173 e. The Labute approximate surface area is 64.5 Å². The van der Waals surface area contributed by atoms with Gasteiger partial charge < -0.3 is 10.2 Å². The van der Waals surface area contributed by atoms with E-state index in [1.807, 2.05) is 0 Å². The quantitative estimate of drug-likeness (QED) is 0.712. The Morgan fingerprint density at radius 2 is 2.12 bits per heavy atom. The lowest BCUT2D eigenvalue weighted by Gasteiger charge is -2.15. The van der Waals surface area contributed by atoms with Crippen LogP contribution in [0.2, 0.25) is 0 Å². The summed E-state index contributed by atoms with van der Waals surface area (Å²) in [7, 11) is 0. The molecule has 0 aliphatic rings. The van der Waals surface area contributed by atoms with Gasteiger partial charge in [0, 0.05) is 4.48 Å². The molecule has 0 bridgehead atoms. The molecule has 4 heteroatoms. The molecule has 2 N–H and O–H groups in total. The first-order chi connectivity index (χ1) is 3.50. The van der Waals surface area contributed by atoms with E-state index in [1.165, 1.54) is 0 Å². The van der Waals surface area contributed by atoms with E-state index in [2.05, 4.69) is 38.4 Å². The fraction of sp³-hybridized carbons (Fsp3) is 0.500. The monoisotopic (exact) mass is 244 g/mol. The average Bonchev–Trinajstić information content (AvgIpc) is 1.67. The second kappa shape index (κ2) is 2.96. The van der Waals surface area contributed by atoms with Gasteiger partial charge in [0.2, 0.25) is 0 Å². The van der Waals surface area contributed by atoms with Crippen molar-refractivity contribution in [2.45, 2.75) is 4.51 Å². The molecule has 1 atom stereocenters. The molecule has 0 spiro atoms. The molecule has 0 aliphatic heterocycles. The van der Waals surface area contributed by atoms with Crippen LogP contribution in [0, 0.1) is 0 Å². The van der Waals surface area contributed by atoms with Gasteiger partial charge in [-0.15, -0.1) is 0 Å². The summed E-state index contributed by atoms with van der Waals surface area (Å²) in [5.41, 5.74) is 0. The minimum atomic E-state index is -1.37. The van der Waals surface area contributed by atoms with Gasteiger partial charge in [0.25, 0.3) is 0 Å². The second-order valence-corrected chi connectivity index (χ2v) is 3.59. The minimum absolute atomic E-state index is 0.313. The highest BCUT2D eigenvalue weighted by molar-refractivity contribution is 9.14. The molecule has 0 aromatic carbocycles. The largest absolute Gasteiger partial charge is 0.392 e. The van der Waals surface area contributed by atoms with Crippen molar-refractivity contribution in [2.24, 2.45) is 0 Å². The summed E-state index contributed by atoms with van der Waals surface area (Å²) in [6.07, 6.45) is 0. The highest BCUT2D eigenvalue weighted by Crippen LogP contribution is 2.26. The number of hydrogen-bond acceptors (Lipinski definition) is 2. The van der Waals surface area contributed by atoms with Crippen LogP contribution in [0.4, 0.5) is 0 Å². The molecule has 0 aliphatic carbocycles. The van der Waals surface area contributed by atoms with Crippen LogP contribution in [-0.4, -0.2) is 21.3 Å². The van der Waals surface area contributed by atoms with Gasteiger partial charge in [-0.25, -0.2) is 0 Å². The van der Waals surface area contributed by atoms with Crippen LogP contribution in [-0.2, 0) is 0 Å². The standard InChI is InChI=1S/C4H6Br2O2/c1-3(5)4(6,8)2-7/h7-8H,1-2H2. The van der Waals surface area contributed by atoms with Gasteiger partial charge in [-0.05, 0) is 15.9 Å². The second-order valence-electron chi connectivity index (χ2n) is 1.32. The number of hydrogen-bond donors (Lipinski definition) is 2. The predicted octanol–water partition coefficient (Wildman–Crippen LogP) is 0.971. The molecule has 8 heavy (non-hydrogen) atoms. The fourth-order valence-corrected chi connectivity index (χ4v) is 0.211. The first-order valence-electron chi connectivity index (χ1n) is 1.87. The molecule has 0 heterocycles. The zero-order valence-corrected chi connectivity index (χ0v) is 7.24. The van der Waals surface area contributed by atoms with Crippen molar-refractivity contribution < 1.29 is 10.2 Å². The highest BCUT2D eigenvalue weighted by Gasteiger charge is 2.23. The van der Waals surface area contributed by atoms with Crippen LogP contribution < -0.4 is 0 Å². The first kappa shape index (κ1) is 8.62. The van der Waals surface area contributed by atoms with Gasteiger partial charge in [-0.1, -0.05) is 22.5 Å². The van der Waals surface area contributed by atoms with Crippen LogP contribution in [0.15, 0.2) is 11.1 Å².